The minimum atomic E-state index is -1.04. The summed E-state index contributed by atoms with van der Waals surface area (Å²) in [4.78, 5) is 68.7. The Labute approximate surface area is 351 Å². The van der Waals surface area contributed by atoms with E-state index in [-0.39, 0.29) is 63.8 Å². The Balaban J connectivity index is 3.55. The van der Waals surface area contributed by atoms with E-state index in [2.05, 4.69) is 21.3 Å². The van der Waals surface area contributed by atoms with Crippen LogP contribution < -0.4 is 27.0 Å². The van der Waals surface area contributed by atoms with Crippen LogP contribution in [0.15, 0.2) is 0 Å². The number of amides is 3. The van der Waals surface area contributed by atoms with Crippen molar-refractivity contribution < 1.29 is 63.0 Å². The summed E-state index contributed by atoms with van der Waals surface area (Å²) >= 11 is 0. The van der Waals surface area contributed by atoms with Gasteiger partial charge in [-0.25, -0.2) is 4.79 Å². The average Bonchev–Trinajstić information content (AvgIpc) is 3.19. The first-order valence-electron chi connectivity index (χ1n) is 21.8. The van der Waals surface area contributed by atoms with Crippen molar-refractivity contribution in [1.29, 1.82) is 0 Å². The lowest BCUT2D eigenvalue weighted by Gasteiger charge is -2.15. The molecule has 0 aromatic heterocycles. The lowest BCUT2D eigenvalue weighted by Crippen LogP contribution is -2.41. The van der Waals surface area contributed by atoms with Gasteiger partial charge in [-0.1, -0.05) is 77.0 Å². The molecule has 18 nitrogen and oxygen atoms in total. The summed E-state index contributed by atoms with van der Waals surface area (Å²) in [6.07, 6.45) is 18.5. The molecule has 0 bridgehead atoms. The normalized spacial score (nSPS) is 12.2. The third-order valence-corrected chi connectivity index (χ3v) is 9.31. The number of nitrogens with one attached hydrogen (secondary N) is 4. The zero-order chi connectivity index (χ0) is 43.6. The summed E-state index contributed by atoms with van der Waals surface area (Å²) in [5.74, 6) is -3.56. The molecule has 0 aliphatic rings. The maximum absolute atomic E-state index is 12.3. The molecule has 59 heavy (non-hydrogen) atoms. The van der Waals surface area contributed by atoms with Crippen LogP contribution in [0.25, 0.3) is 0 Å². The van der Waals surface area contributed by atoms with E-state index < -0.39 is 30.0 Å². The molecule has 0 heterocycles. The van der Waals surface area contributed by atoms with E-state index in [0.717, 1.165) is 44.9 Å². The highest BCUT2D eigenvalue weighted by atomic mass is 16.5. The molecule has 0 aliphatic heterocycles. The Morgan fingerprint density at radius 1 is 0.441 bits per heavy atom. The third kappa shape index (κ3) is 41.1. The van der Waals surface area contributed by atoms with E-state index in [1.807, 2.05) is 0 Å². The largest absolute Gasteiger partial charge is 0.481 e. The molecule has 9 N–H and O–H groups in total. The number of unbranched alkanes of at least 4 members (excludes halogenated alkanes) is 14. The molecule has 2 atom stereocenters. The number of carboxylic acids is 3. The molecule has 344 valence electrons. The molecular formula is C41H77N5O13. The SMILES string of the molecule is NC(CCCCNC(=O)COCCOCCNC(=O)COCCOCCNCCCC(NC(=O)CCCCCCCCCCCCCCCCC(=O)O)C(=O)O)C(=O)O. The molecule has 0 saturated carbocycles. The van der Waals surface area contributed by atoms with Crippen molar-refractivity contribution in [2.75, 3.05) is 79.0 Å². The first-order chi connectivity index (χ1) is 28.5. The van der Waals surface area contributed by atoms with Crippen LogP contribution in [0.4, 0.5) is 0 Å². The lowest BCUT2D eigenvalue weighted by molar-refractivity contribution is -0.142. The van der Waals surface area contributed by atoms with E-state index in [0.29, 0.717) is 77.9 Å². The average molecular weight is 848 g/mol. The van der Waals surface area contributed by atoms with Crippen LogP contribution in [0.1, 0.15) is 135 Å². The summed E-state index contributed by atoms with van der Waals surface area (Å²) in [6, 6.07) is -1.80. The monoisotopic (exact) mass is 848 g/mol. The fraction of sp³-hybridized carbons (Fsp3) is 0.854. The van der Waals surface area contributed by atoms with Gasteiger partial charge in [-0.05, 0) is 51.5 Å². The van der Waals surface area contributed by atoms with E-state index >= 15 is 0 Å². The summed E-state index contributed by atoms with van der Waals surface area (Å²) in [6.45, 7) is 3.35. The predicted molar refractivity (Wildman–Crippen MR) is 222 cm³/mol. The Kier molecular flexibility index (Phi) is 38.9. The van der Waals surface area contributed by atoms with Gasteiger partial charge in [-0.15, -0.1) is 0 Å². The third-order valence-electron chi connectivity index (χ3n) is 9.31. The van der Waals surface area contributed by atoms with Gasteiger partial charge in [0, 0.05) is 32.5 Å². The second kappa shape index (κ2) is 41.3. The van der Waals surface area contributed by atoms with Gasteiger partial charge < -0.3 is 61.3 Å². The van der Waals surface area contributed by atoms with Crippen LogP contribution in [-0.4, -0.2) is 142 Å². The maximum Gasteiger partial charge on any atom is 0.326 e. The molecular weight excluding hydrogens is 770 g/mol. The van der Waals surface area contributed by atoms with E-state index in [9.17, 15) is 33.9 Å². The van der Waals surface area contributed by atoms with Crippen molar-refractivity contribution in [3.63, 3.8) is 0 Å². The highest BCUT2D eigenvalue weighted by molar-refractivity contribution is 5.83. The van der Waals surface area contributed by atoms with Crippen LogP contribution in [0, 0.1) is 0 Å². The van der Waals surface area contributed by atoms with Crippen LogP contribution in [0.3, 0.4) is 0 Å². The Morgan fingerprint density at radius 2 is 0.915 bits per heavy atom. The highest BCUT2D eigenvalue weighted by Gasteiger charge is 2.19. The van der Waals surface area contributed by atoms with Crippen molar-refractivity contribution in [1.82, 2.24) is 21.3 Å². The van der Waals surface area contributed by atoms with Crippen molar-refractivity contribution in [2.45, 2.75) is 147 Å². The number of hydrogen-bond acceptors (Lipinski definition) is 12. The van der Waals surface area contributed by atoms with Gasteiger partial charge in [0.05, 0.1) is 39.6 Å². The second-order valence-corrected chi connectivity index (χ2v) is 14.7. The predicted octanol–water partition coefficient (Wildman–Crippen LogP) is 3.13. The molecule has 0 aromatic rings. The highest BCUT2D eigenvalue weighted by Crippen LogP contribution is 2.14. The van der Waals surface area contributed by atoms with Crippen LogP contribution in [0.2, 0.25) is 0 Å². The van der Waals surface area contributed by atoms with E-state index in [4.69, 9.17) is 34.9 Å². The van der Waals surface area contributed by atoms with Gasteiger partial charge in [0.25, 0.3) is 0 Å². The minimum absolute atomic E-state index is 0.114. The fourth-order valence-corrected chi connectivity index (χ4v) is 5.88. The standard InChI is InChI=1S/C41H77N5O13/c42-34(40(52)53)18-15-16-23-44-37(48)32-58-31-29-57-27-25-45-38(49)33-59-30-28-56-26-24-43-22-17-19-35(41(54)55)46-36(47)20-13-11-9-7-5-3-1-2-4-6-8-10-12-14-21-39(50)51/h34-35,43H,1-33,42H2,(H,44,48)(H,45,49)(H,46,47)(H,50,51)(H,52,53)(H,54,55). The van der Waals surface area contributed by atoms with E-state index in [1.165, 1.54) is 44.9 Å². The first kappa shape index (κ1) is 55.6. The molecule has 2 unspecified atom stereocenters. The van der Waals surface area contributed by atoms with Crippen molar-refractivity contribution in [3.8, 4) is 0 Å². The quantitative estimate of drug-likeness (QED) is 0.0409. The minimum Gasteiger partial charge on any atom is -0.481 e. The van der Waals surface area contributed by atoms with Crippen LogP contribution >= 0.6 is 0 Å². The number of nitrogens with two attached hydrogens (primary N) is 1. The summed E-state index contributed by atoms with van der Waals surface area (Å²) in [7, 11) is 0. The smallest absolute Gasteiger partial charge is 0.326 e. The molecule has 0 aromatic carbocycles. The van der Waals surface area contributed by atoms with Crippen molar-refractivity contribution in [2.24, 2.45) is 5.73 Å². The van der Waals surface area contributed by atoms with Crippen molar-refractivity contribution in [3.05, 3.63) is 0 Å². The molecule has 0 radical (unpaired) electrons. The molecule has 0 saturated heterocycles. The van der Waals surface area contributed by atoms with Gasteiger partial charge >= 0.3 is 17.9 Å². The molecule has 0 spiro atoms. The summed E-state index contributed by atoms with van der Waals surface area (Å²) in [5.41, 5.74) is 5.42. The van der Waals surface area contributed by atoms with Gasteiger partial charge in [0.15, 0.2) is 0 Å². The summed E-state index contributed by atoms with van der Waals surface area (Å²) < 4.78 is 21.4. The summed E-state index contributed by atoms with van der Waals surface area (Å²) in [5, 5.41) is 38.1. The number of carboxylic acid groups (broad SMARTS) is 3. The number of carbonyl (C=O) groups excluding carboxylic acids is 3. The zero-order valence-corrected chi connectivity index (χ0v) is 35.5. The van der Waals surface area contributed by atoms with Gasteiger partial charge in [0.2, 0.25) is 17.7 Å². The number of hydrogen-bond donors (Lipinski definition) is 8. The molecule has 0 rings (SSSR count). The van der Waals surface area contributed by atoms with Gasteiger partial charge in [-0.3, -0.25) is 24.0 Å². The fourth-order valence-electron chi connectivity index (χ4n) is 5.88. The van der Waals surface area contributed by atoms with Crippen LogP contribution in [-0.2, 0) is 47.7 Å². The van der Waals surface area contributed by atoms with Crippen LogP contribution in [0.5, 0.6) is 0 Å². The molecule has 0 fully saturated rings. The lowest BCUT2D eigenvalue weighted by atomic mass is 10.0. The number of rotatable bonds is 45. The molecule has 0 aliphatic carbocycles. The Hall–Kier alpha value is -3.42. The second-order valence-electron chi connectivity index (χ2n) is 14.7. The number of ether oxygens (including phenoxy) is 4. The zero-order valence-electron chi connectivity index (χ0n) is 35.5. The topological polar surface area (TPSA) is 274 Å². The first-order valence-corrected chi connectivity index (χ1v) is 21.8. The maximum atomic E-state index is 12.3. The van der Waals surface area contributed by atoms with Gasteiger partial charge in [-0.2, -0.15) is 0 Å². The number of aliphatic carboxylic acids is 3. The molecule has 3 amide bonds. The Bertz CT molecular complexity index is 1100. The van der Waals surface area contributed by atoms with Gasteiger partial charge in [0.1, 0.15) is 25.3 Å². The molecule has 18 heteroatoms. The number of carbonyl (C=O) groups is 6. The Morgan fingerprint density at radius 3 is 1.42 bits per heavy atom. The van der Waals surface area contributed by atoms with E-state index in [1.54, 1.807) is 0 Å². The van der Waals surface area contributed by atoms with Crippen molar-refractivity contribution >= 4 is 35.6 Å².